The fourth-order valence-electron chi connectivity index (χ4n) is 4.17. The number of carbonyl (C=O) groups is 1. The molecule has 9 nitrogen and oxygen atoms in total. The van der Waals surface area contributed by atoms with Crippen LogP contribution in [0.15, 0.2) is 41.6 Å². The Morgan fingerprint density at radius 3 is 2.79 bits per heavy atom. The van der Waals surface area contributed by atoms with Crippen LogP contribution in [0, 0.1) is 11.8 Å². The lowest BCUT2D eigenvalue weighted by Gasteiger charge is -2.36. The molecule has 2 aromatic rings. The van der Waals surface area contributed by atoms with Crippen molar-refractivity contribution in [3.05, 3.63) is 42.1 Å². The zero-order valence-corrected chi connectivity index (χ0v) is 20.0. The Hall–Kier alpha value is -2.72. The lowest BCUT2D eigenvalue weighted by atomic mass is 9.90. The van der Waals surface area contributed by atoms with E-state index in [2.05, 4.69) is 40.4 Å². The molecule has 2 fully saturated rings. The first-order valence-corrected chi connectivity index (χ1v) is 12.6. The Bertz CT molecular complexity index is 1120. The van der Waals surface area contributed by atoms with E-state index in [1.165, 1.54) is 12.1 Å². The summed E-state index contributed by atoms with van der Waals surface area (Å²) in [6.07, 6.45) is 3.47. The summed E-state index contributed by atoms with van der Waals surface area (Å²) < 4.78 is 39.0. The van der Waals surface area contributed by atoms with E-state index in [4.69, 9.17) is 9.47 Å². The minimum atomic E-state index is -4.21. The van der Waals surface area contributed by atoms with Gasteiger partial charge in [0.2, 0.25) is 5.88 Å². The highest BCUT2D eigenvalue weighted by Gasteiger charge is 2.40. The average Bonchev–Trinajstić information content (AvgIpc) is 3.40. The number of ether oxygens (including phenoxy) is 2. The van der Waals surface area contributed by atoms with E-state index in [1.54, 1.807) is 24.4 Å². The van der Waals surface area contributed by atoms with Crippen LogP contribution in [0.2, 0.25) is 0 Å². The van der Waals surface area contributed by atoms with Gasteiger partial charge in [0.05, 0.1) is 18.8 Å². The molecule has 0 aliphatic carbocycles. The van der Waals surface area contributed by atoms with Gasteiger partial charge in [-0.15, -0.1) is 0 Å². The van der Waals surface area contributed by atoms with Crippen LogP contribution in [0.3, 0.4) is 0 Å². The smallest absolute Gasteiger partial charge is 0.281 e. The number of carbonyl (C=O) groups excluding carboxylic acids is 1. The summed E-state index contributed by atoms with van der Waals surface area (Å²) in [5.41, 5.74) is -0.00304. The van der Waals surface area contributed by atoms with Crippen LogP contribution in [0.4, 0.5) is 5.82 Å². The van der Waals surface area contributed by atoms with Gasteiger partial charge in [0.25, 0.3) is 15.9 Å². The Morgan fingerprint density at radius 1 is 1.27 bits per heavy atom. The number of sulfonamides is 1. The van der Waals surface area contributed by atoms with Gasteiger partial charge in [-0.05, 0) is 50.8 Å². The molecule has 2 aromatic heterocycles. The summed E-state index contributed by atoms with van der Waals surface area (Å²) in [7, 11) is -4.21. The molecule has 0 spiro atoms. The lowest BCUT2D eigenvalue weighted by molar-refractivity contribution is 0.0981. The molecule has 0 bridgehead atoms. The molecule has 0 aromatic carbocycles. The Morgan fingerprint density at radius 2 is 2.09 bits per heavy atom. The van der Waals surface area contributed by atoms with Crippen LogP contribution >= 0.6 is 0 Å². The molecule has 2 saturated heterocycles. The topological polar surface area (TPSA) is 111 Å². The summed E-state index contributed by atoms with van der Waals surface area (Å²) in [6.45, 7) is 8.82. The van der Waals surface area contributed by atoms with Gasteiger partial charge in [0, 0.05) is 36.9 Å². The zero-order chi connectivity index (χ0) is 23.6. The molecule has 4 heterocycles. The van der Waals surface area contributed by atoms with Gasteiger partial charge in [0.15, 0.2) is 5.03 Å². The number of nitrogens with zero attached hydrogens (tertiary/aromatic N) is 3. The Labute approximate surface area is 194 Å². The van der Waals surface area contributed by atoms with Crippen LogP contribution in [-0.4, -0.2) is 56.2 Å². The van der Waals surface area contributed by atoms with Crippen molar-refractivity contribution >= 4 is 21.7 Å². The van der Waals surface area contributed by atoms with E-state index in [0.717, 1.165) is 19.4 Å². The first kappa shape index (κ1) is 23.4. The monoisotopic (exact) mass is 474 g/mol. The van der Waals surface area contributed by atoms with E-state index in [0.29, 0.717) is 31.6 Å². The fraction of sp³-hybridized carbons (Fsp3) is 0.522. The van der Waals surface area contributed by atoms with Gasteiger partial charge in [-0.3, -0.25) is 4.79 Å². The van der Waals surface area contributed by atoms with E-state index in [-0.39, 0.29) is 27.9 Å². The van der Waals surface area contributed by atoms with E-state index >= 15 is 0 Å². The highest BCUT2D eigenvalue weighted by molar-refractivity contribution is 7.90. The highest BCUT2D eigenvalue weighted by atomic mass is 32.2. The second-order valence-electron chi connectivity index (χ2n) is 9.16. The zero-order valence-electron chi connectivity index (χ0n) is 19.2. The van der Waals surface area contributed by atoms with Crippen LogP contribution in [-0.2, 0) is 14.8 Å². The summed E-state index contributed by atoms with van der Waals surface area (Å²) in [6, 6.07) is 7.67. The molecule has 4 rings (SSSR count). The molecule has 2 atom stereocenters. The predicted molar refractivity (Wildman–Crippen MR) is 123 cm³/mol. The second-order valence-corrected chi connectivity index (χ2v) is 10.8. The van der Waals surface area contributed by atoms with Crippen molar-refractivity contribution in [2.75, 3.05) is 31.3 Å². The number of hydrogen-bond acceptors (Lipinski definition) is 8. The summed E-state index contributed by atoms with van der Waals surface area (Å²) in [5.74, 6) is 0.579. The molecular weight excluding hydrogens is 444 g/mol. The molecule has 178 valence electrons. The van der Waals surface area contributed by atoms with Gasteiger partial charge < -0.3 is 14.4 Å². The number of amides is 1. The van der Waals surface area contributed by atoms with Gasteiger partial charge in [0.1, 0.15) is 5.82 Å². The van der Waals surface area contributed by atoms with Gasteiger partial charge in [-0.25, -0.2) is 9.71 Å². The molecule has 2 unspecified atom stereocenters. The van der Waals surface area contributed by atoms with Crippen molar-refractivity contribution in [3.8, 4) is 5.88 Å². The number of aromatic nitrogens is 2. The summed E-state index contributed by atoms with van der Waals surface area (Å²) in [5, 5.41) is -0.281. The quantitative estimate of drug-likeness (QED) is 0.652. The SMILES string of the molecule is CC1CCN(c2ncccc2C(=O)NS(=O)(=O)c2cccc(OCC3CCOC3)n2)C1(C)C. The van der Waals surface area contributed by atoms with Crippen molar-refractivity contribution in [2.24, 2.45) is 11.8 Å². The molecule has 0 radical (unpaired) electrons. The minimum Gasteiger partial charge on any atom is -0.477 e. The number of rotatable bonds is 7. The molecule has 33 heavy (non-hydrogen) atoms. The third-order valence-corrected chi connectivity index (χ3v) is 7.90. The molecule has 1 N–H and O–H groups in total. The lowest BCUT2D eigenvalue weighted by Crippen LogP contribution is -2.43. The standard InChI is InChI=1S/C23H30N4O5S/c1-16-9-12-27(23(16,2)3)21-18(6-5-11-24-21)22(28)26-33(29,30)20-8-4-7-19(25-20)32-15-17-10-13-31-14-17/h4-8,11,16-17H,9-10,12-15H2,1-3H3,(H,26,28). The first-order valence-electron chi connectivity index (χ1n) is 11.2. The van der Waals surface area contributed by atoms with Gasteiger partial charge in [-0.2, -0.15) is 13.4 Å². The number of anilines is 1. The van der Waals surface area contributed by atoms with Crippen molar-refractivity contribution in [1.29, 1.82) is 0 Å². The van der Waals surface area contributed by atoms with E-state index in [1.807, 2.05) is 0 Å². The molecule has 1 amide bonds. The maximum atomic E-state index is 13.1. The molecule has 10 heteroatoms. The number of hydrogen-bond donors (Lipinski definition) is 1. The summed E-state index contributed by atoms with van der Waals surface area (Å²) >= 11 is 0. The Balaban J connectivity index is 1.51. The van der Waals surface area contributed by atoms with Gasteiger partial charge >= 0.3 is 0 Å². The molecule has 2 aliphatic rings. The molecule has 2 aliphatic heterocycles. The summed E-state index contributed by atoms with van der Waals surface area (Å²) in [4.78, 5) is 23.6. The second kappa shape index (κ2) is 9.26. The van der Waals surface area contributed by atoms with Crippen LogP contribution in [0.1, 0.15) is 44.0 Å². The third kappa shape index (κ3) is 4.96. The average molecular weight is 475 g/mol. The largest absolute Gasteiger partial charge is 0.477 e. The fourth-order valence-corrected chi connectivity index (χ4v) is 5.10. The van der Waals surface area contributed by atoms with Crippen LogP contribution < -0.4 is 14.4 Å². The van der Waals surface area contributed by atoms with Crippen LogP contribution in [0.5, 0.6) is 5.88 Å². The van der Waals surface area contributed by atoms with E-state index in [9.17, 15) is 13.2 Å². The normalized spacial score (nSPS) is 22.3. The first-order chi connectivity index (χ1) is 15.7. The minimum absolute atomic E-state index is 0.187. The number of nitrogens with one attached hydrogen (secondary N) is 1. The van der Waals surface area contributed by atoms with Crippen molar-refractivity contribution in [3.63, 3.8) is 0 Å². The number of pyridine rings is 2. The Kier molecular flexibility index (Phi) is 6.58. The predicted octanol–water partition coefficient (Wildman–Crippen LogP) is 2.64. The van der Waals surface area contributed by atoms with Crippen molar-refractivity contribution < 1.29 is 22.7 Å². The maximum Gasteiger partial charge on any atom is 0.281 e. The van der Waals surface area contributed by atoms with E-state index < -0.39 is 15.9 Å². The third-order valence-electron chi connectivity index (χ3n) is 6.67. The molecule has 0 saturated carbocycles. The maximum absolute atomic E-state index is 13.1. The van der Waals surface area contributed by atoms with Crippen molar-refractivity contribution in [1.82, 2.24) is 14.7 Å². The van der Waals surface area contributed by atoms with Crippen molar-refractivity contribution in [2.45, 2.75) is 44.2 Å². The highest BCUT2D eigenvalue weighted by Crippen LogP contribution is 2.38. The van der Waals surface area contributed by atoms with Gasteiger partial charge in [-0.1, -0.05) is 13.0 Å². The van der Waals surface area contributed by atoms with Crippen LogP contribution in [0.25, 0.3) is 0 Å². The molecular formula is C23H30N4O5S.